The van der Waals surface area contributed by atoms with Gasteiger partial charge < -0.3 is 10.5 Å². The first-order chi connectivity index (χ1) is 8.47. The van der Waals surface area contributed by atoms with Gasteiger partial charge in [-0.25, -0.2) is 4.39 Å². The molecule has 18 heavy (non-hydrogen) atoms. The summed E-state index contributed by atoms with van der Waals surface area (Å²) in [7, 11) is 0. The van der Waals surface area contributed by atoms with E-state index in [0.29, 0.717) is 0 Å². The molecule has 2 aromatic rings. The smallest absolute Gasteiger partial charge is 0.240 e. The molecule has 0 aliphatic rings. The Bertz CT molecular complexity index is 605. The molecule has 1 aromatic carbocycles. The lowest BCUT2D eigenvalue weighted by Gasteiger charge is -2.09. The summed E-state index contributed by atoms with van der Waals surface area (Å²) in [5.41, 5.74) is 6.39. The van der Waals surface area contributed by atoms with Crippen LogP contribution in [0.5, 0.6) is 11.6 Å². The van der Waals surface area contributed by atoms with E-state index in [4.69, 9.17) is 33.7 Å². The van der Waals surface area contributed by atoms with E-state index < -0.39 is 5.82 Å². The van der Waals surface area contributed by atoms with Gasteiger partial charge in [0.05, 0.1) is 5.02 Å². The van der Waals surface area contributed by atoms with Crippen LogP contribution in [0.4, 0.5) is 10.2 Å². The van der Waals surface area contributed by atoms with Crippen molar-refractivity contribution in [2.24, 2.45) is 0 Å². The van der Waals surface area contributed by atoms with Gasteiger partial charge in [-0.05, 0) is 30.7 Å². The number of rotatable bonds is 2. The summed E-state index contributed by atoms with van der Waals surface area (Å²) in [4.78, 5) is 3.86. The molecule has 0 spiro atoms. The first kappa shape index (κ1) is 12.9. The number of aromatic nitrogens is 1. The molecule has 0 aliphatic carbocycles. The van der Waals surface area contributed by atoms with Crippen molar-refractivity contribution in [3.05, 3.63) is 45.7 Å². The van der Waals surface area contributed by atoms with Crippen LogP contribution in [0.15, 0.2) is 24.3 Å². The molecule has 0 amide bonds. The Morgan fingerprint density at radius 3 is 2.67 bits per heavy atom. The van der Waals surface area contributed by atoms with Crippen LogP contribution in [-0.2, 0) is 0 Å². The molecule has 1 heterocycles. The van der Waals surface area contributed by atoms with Gasteiger partial charge in [0.15, 0.2) is 11.6 Å². The van der Waals surface area contributed by atoms with Crippen LogP contribution in [0.3, 0.4) is 0 Å². The van der Waals surface area contributed by atoms with Gasteiger partial charge >= 0.3 is 0 Å². The quantitative estimate of drug-likeness (QED) is 0.900. The minimum Gasteiger partial charge on any atom is -0.434 e. The molecule has 0 bridgehead atoms. The van der Waals surface area contributed by atoms with Crippen LogP contribution in [0.2, 0.25) is 10.0 Å². The number of pyridine rings is 1. The lowest BCUT2D eigenvalue weighted by atomic mass is 10.2. The fraction of sp³-hybridized carbons (Fsp3) is 0.0833. The highest BCUT2D eigenvalue weighted by Crippen LogP contribution is 2.33. The van der Waals surface area contributed by atoms with E-state index in [-0.39, 0.29) is 27.5 Å². The molecule has 0 radical (unpaired) electrons. The molecule has 3 nitrogen and oxygen atoms in total. The van der Waals surface area contributed by atoms with E-state index in [9.17, 15) is 4.39 Å². The Morgan fingerprint density at radius 1 is 1.22 bits per heavy atom. The van der Waals surface area contributed by atoms with Gasteiger partial charge in [-0.3, -0.25) is 0 Å². The number of nitrogens with zero attached hydrogens (tertiary/aromatic N) is 1. The fourth-order valence-corrected chi connectivity index (χ4v) is 1.72. The summed E-state index contributed by atoms with van der Waals surface area (Å²) in [5, 5.41) is 0.382. The SMILES string of the molecule is Cc1ccc(F)c(Oc2nc(N)c(Cl)cc2Cl)c1. The molecular weight excluding hydrogens is 278 g/mol. The number of hydrogen-bond donors (Lipinski definition) is 1. The monoisotopic (exact) mass is 286 g/mol. The number of anilines is 1. The largest absolute Gasteiger partial charge is 0.434 e. The summed E-state index contributed by atoms with van der Waals surface area (Å²) in [6.45, 7) is 1.82. The summed E-state index contributed by atoms with van der Waals surface area (Å²) in [6, 6.07) is 5.87. The van der Waals surface area contributed by atoms with Gasteiger partial charge in [0.1, 0.15) is 10.8 Å². The Kier molecular flexibility index (Phi) is 3.59. The van der Waals surface area contributed by atoms with Gasteiger partial charge in [0.25, 0.3) is 0 Å². The van der Waals surface area contributed by atoms with Crippen molar-refractivity contribution in [1.29, 1.82) is 0 Å². The van der Waals surface area contributed by atoms with Crippen molar-refractivity contribution in [2.45, 2.75) is 6.92 Å². The molecule has 2 N–H and O–H groups in total. The number of benzene rings is 1. The Hall–Kier alpha value is -1.52. The average molecular weight is 287 g/mol. The number of aryl methyl sites for hydroxylation is 1. The molecule has 0 unspecified atom stereocenters. The van der Waals surface area contributed by atoms with Crippen LogP contribution in [0.25, 0.3) is 0 Å². The summed E-state index contributed by atoms with van der Waals surface area (Å²) in [5.74, 6) is -0.384. The maximum atomic E-state index is 13.5. The molecule has 0 fully saturated rings. The van der Waals surface area contributed by atoms with Crippen molar-refractivity contribution in [3.63, 3.8) is 0 Å². The average Bonchev–Trinajstić information content (AvgIpc) is 2.30. The molecular formula is C12H9Cl2FN2O. The first-order valence-electron chi connectivity index (χ1n) is 5.03. The van der Waals surface area contributed by atoms with Gasteiger partial charge in [-0.15, -0.1) is 0 Å². The van der Waals surface area contributed by atoms with Crippen LogP contribution >= 0.6 is 23.2 Å². The molecule has 94 valence electrons. The number of nitrogen functional groups attached to an aromatic ring is 1. The standard InChI is InChI=1S/C12H9Cl2FN2O/c1-6-2-3-9(15)10(4-6)18-12-8(14)5-7(13)11(16)17-12/h2-5H,1H3,(H2,16,17). The predicted octanol–water partition coefficient (Wildman–Crippen LogP) is 4.21. The molecule has 0 saturated carbocycles. The van der Waals surface area contributed by atoms with Gasteiger partial charge in [-0.1, -0.05) is 29.3 Å². The predicted molar refractivity (Wildman–Crippen MR) is 69.9 cm³/mol. The van der Waals surface area contributed by atoms with Gasteiger partial charge in [0, 0.05) is 0 Å². The van der Waals surface area contributed by atoms with Crippen LogP contribution in [0, 0.1) is 12.7 Å². The van der Waals surface area contributed by atoms with Crippen molar-refractivity contribution in [2.75, 3.05) is 5.73 Å². The number of halogens is 3. The molecule has 2 rings (SSSR count). The number of ether oxygens (including phenoxy) is 1. The maximum absolute atomic E-state index is 13.5. The number of hydrogen-bond acceptors (Lipinski definition) is 3. The Labute approximate surface area is 113 Å². The van der Waals surface area contributed by atoms with Crippen molar-refractivity contribution in [1.82, 2.24) is 4.98 Å². The van der Waals surface area contributed by atoms with Crippen molar-refractivity contribution >= 4 is 29.0 Å². The minimum absolute atomic E-state index is 0.0167. The maximum Gasteiger partial charge on any atom is 0.240 e. The zero-order valence-electron chi connectivity index (χ0n) is 9.38. The Balaban J connectivity index is 2.40. The number of nitrogens with two attached hydrogens (primary N) is 1. The molecule has 1 aromatic heterocycles. The van der Waals surface area contributed by atoms with E-state index in [2.05, 4.69) is 4.98 Å². The normalized spacial score (nSPS) is 10.4. The first-order valence-corrected chi connectivity index (χ1v) is 5.78. The van der Waals surface area contributed by atoms with E-state index in [1.165, 1.54) is 18.2 Å². The highest BCUT2D eigenvalue weighted by atomic mass is 35.5. The summed E-state index contributed by atoms with van der Waals surface area (Å²) in [6.07, 6.45) is 0. The zero-order chi connectivity index (χ0) is 13.3. The molecule has 0 saturated heterocycles. The molecule has 0 atom stereocenters. The lowest BCUT2D eigenvalue weighted by molar-refractivity contribution is 0.428. The Morgan fingerprint density at radius 2 is 1.94 bits per heavy atom. The lowest BCUT2D eigenvalue weighted by Crippen LogP contribution is -1.97. The molecule has 0 aliphatic heterocycles. The third-order valence-corrected chi connectivity index (χ3v) is 2.79. The molecule has 6 heteroatoms. The van der Waals surface area contributed by atoms with Crippen molar-refractivity contribution in [3.8, 4) is 11.6 Å². The summed E-state index contributed by atoms with van der Waals surface area (Å²) >= 11 is 11.6. The van der Waals surface area contributed by atoms with E-state index in [0.717, 1.165) is 5.56 Å². The second-order valence-corrected chi connectivity index (χ2v) is 4.49. The van der Waals surface area contributed by atoms with Gasteiger partial charge in [0.2, 0.25) is 5.88 Å². The second-order valence-electron chi connectivity index (χ2n) is 3.68. The fourth-order valence-electron chi connectivity index (χ4n) is 1.33. The summed E-state index contributed by atoms with van der Waals surface area (Å²) < 4.78 is 18.8. The van der Waals surface area contributed by atoms with E-state index >= 15 is 0 Å². The van der Waals surface area contributed by atoms with E-state index in [1.54, 1.807) is 6.07 Å². The van der Waals surface area contributed by atoms with Crippen LogP contribution in [-0.4, -0.2) is 4.98 Å². The van der Waals surface area contributed by atoms with Gasteiger partial charge in [-0.2, -0.15) is 4.98 Å². The zero-order valence-corrected chi connectivity index (χ0v) is 10.9. The van der Waals surface area contributed by atoms with E-state index in [1.807, 2.05) is 6.92 Å². The van der Waals surface area contributed by atoms with Crippen LogP contribution < -0.4 is 10.5 Å². The minimum atomic E-state index is -0.507. The second kappa shape index (κ2) is 5.00. The third kappa shape index (κ3) is 2.66. The highest BCUT2D eigenvalue weighted by Gasteiger charge is 2.12. The van der Waals surface area contributed by atoms with Crippen LogP contribution in [0.1, 0.15) is 5.56 Å². The third-order valence-electron chi connectivity index (χ3n) is 2.22. The highest BCUT2D eigenvalue weighted by molar-refractivity contribution is 6.36. The topological polar surface area (TPSA) is 48.1 Å². The van der Waals surface area contributed by atoms with Crippen molar-refractivity contribution < 1.29 is 9.13 Å².